The van der Waals surface area contributed by atoms with Gasteiger partial charge in [0.2, 0.25) is 0 Å². The SMILES string of the molecule is Cc1cc(NC(=O)NCc2ccccc2Cl)no1. The molecule has 5 nitrogen and oxygen atoms in total. The Balaban J connectivity index is 1.87. The molecule has 94 valence electrons. The summed E-state index contributed by atoms with van der Waals surface area (Å²) in [5.41, 5.74) is 0.852. The maximum Gasteiger partial charge on any atom is 0.320 e. The van der Waals surface area contributed by atoms with Crippen LogP contribution < -0.4 is 10.6 Å². The molecule has 0 saturated heterocycles. The normalized spacial score (nSPS) is 10.1. The van der Waals surface area contributed by atoms with E-state index in [0.29, 0.717) is 23.1 Å². The van der Waals surface area contributed by atoms with Crippen LogP contribution in [0.25, 0.3) is 0 Å². The van der Waals surface area contributed by atoms with Gasteiger partial charge in [0.1, 0.15) is 5.76 Å². The van der Waals surface area contributed by atoms with Crippen LogP contribution in [0.15, 0.2) is 34.9 Å². The number of aryl methyl sites for hydroxylation is 1. The first-order valence-corrected chi connectivity index (χ1v) is 5.74. The molecule has 2 N–H and O–H groups in total. The second-order valence-corrected chi connectivity index (χ2v) is 4.13. The van der Waals surface area contributed by atoms with Gasteiger partial charge in [0.05, 0.1) is 0 Å². The maximum atomic E-state index is 11.6. The minimum atomic E-state index is -0.358. The molecule has 0 aliphatic heterocycles. The highest BCUT2D eigenvalue weighted by molar-refractivity contribution is 6.31. The van der Waals surface area contributed by atoms with E-state index in [1.54, 1.807) is 19.1 Å². The van der Waals surface area contributed by atoms with Crippen molar-refractivity contribution < 1.29 is 9.32 Å². The van der Waals surface area contributed by atoms with Crippen molar-refractivity contribution in [3.63, 3.8) is 0 Å². The highest BCUT2D eigenvalue weighted by atomic mass is 35.5. The molecule has 0 aliphatic carbocycles. The topological polar surface area (TPSA) is 67.2 Å². The molecule has 0 aliphatic rings. The van der Waals surface area contributed by atoms with E-state index in [-0.39, 0.29) is 6.03 Å². The monoisotopic (exact) mass is 265 g/mol. The molecule has 18 heavy (non-hydrogen) atoms. The Morgan fingerprint density at radius 3 is 2.89 bits per heavy atom. The Hall–Kier alpha value is -2.01. The van der Waals surface area contributed by atoms with Crippen LogP contribution >= 0.6 is 11.6 Å². The summed E-state index contributed by atoms with van der Waals surface area (Å²) < 4.78 is 4.83. The zero-order valence-electron chi connectivity index (χ0n) is 9.74. The van der Waals surface area contributed by atoms with Crippen LogP contribution in [-0.4, -0.2) is 11.2 Å². The van der Waals surface area contributed by atoms with E-state index >= 15 is 0 Å². The number of nitrogens with one attached hydrogen (secondary N) is 2. The van der Waals surface area contributed by atoms with Gasteiger partial charge in [0, 0.05) is 17.6 Å². The standard InChI is InChI=1S/C12H12ClN3O2/c1-8-6-11(16-18-8)15-12(17)14-7-9-4-2-3-5-10(9)13/h2-6H,7H2,1H3,(H2,14,15,16,17). The van der Waals surface area contributed by atoms with Gasteiger partial charge in [-0.15, -0.1) is 0 Å². The van der Waals surface area contributed by atoms with Gasteiger partial charge in [0.25, 0.3) is 0 Å². The van der Waals surface area contributed by atoms with Crippen LogP contribution in [0, 0.1) is 6.92 Å². The van der Waals surface area contributed by atoms with Gasteiger partial charge in [-0.2, -0.15) is 0 Å². The van der Waals surface area contributed by atoms with Crippen molar-refractivity contribution in [2.45, 2.75) is 13.5 Å². The molecule has 0 saturated carbocycles. The number of amides is 2. The van der Waals surface area contributed by atoms with Gasteiger partial charge >= 0.3 is 6.03 Å². The van der Waals surface area contributed by atoms with E-state index in [2.05, 4.69) is 15.8 Å². The molecule has 1 heterocycles. The van der Waals surface area contributed by atoms with Gasteiger partial charge in [-0.05, 0) is 18.6 Å². The molecule has 0 unspecified atom stereocenters. The number of urea groups is 1. The Morgan fingerprint density at radius 2 is 2.22 bits per heavy atom. The molecule has 6 heteroatoms. The fourth-order valence-electron chi connectivity index (χ4n) is 1.40. The van der Waals surface area contributed by atoms with E-state index in [4.69, 9.17) is 16.1 Å². The number of carbonyl (C=O) groups is 1. The lowest BCUT2D eigenvalue weighted by Gasteiger charge is -2.06. The zero-order chi connectivity index (χ0) is 13.0. The minimum absolute atomic E-state index is 0.350. The van der Waals surface area contributed by atoms with E-state index < -0.39 is 0 Å². The lowest BCUT2D eigenvalue weighted by molar-refractivity contribution is 0.251. The molecule has 2 amide bonds. The number of anilines is 1. The average molecular weight is 266 g/mol. The summed E-state index contributed by atoms with van der Waals surface area (Å²) in [5.74, 6) is 1.01. The third-order valence-electron chi connectivity index (χ3n) is 2.27. The van der Waals surface area contributed by atoms with Crippen molar-refractivity contribution in [3.05, 3.63) is 46.7 Å². The molecule has 0 radical (unpaired) electrons. The molecule has 1 aromatic carbocycles. The second-order valence-electron chi connectivity index (χ2n) is 3.72. The minimum Gasteiger partial charge on any atom is -0.360 e. The van der Waals surface area contributed by atoms with E-state index in [1.165, 1.54) is 0 Å². The largest absolute Gasteiger partial charge is 0.360 e. The first kappa shape index (κ1) is 12.4. The molecule has 0 bridgehead atoms. The fourth-order valence-corrected chi connectivity index (χ4v) is 1.61. The summed E-state index contributed by atoms with van der Waals surface area (Å²) in [6.07, 6.45) is 0. The number of aromatic nitrogens is 1. The van der Waals surface area contributed by atoms with Crippen molar-refractivity contribution in [2.24, 2.45) is 0 Å². The molecule has 0 fully saturated rings. The third kappa shape index (κ3) is 3.24. The first-order chi connectivity index (χ1) is 8.65. The fraction of sp³-hybridized carbons (Fsp3) is 0.167. The highest BCUT2D eigenvalue weighted by Gasteiger charge is 2.06. The number of halogens is 1. The maximum absolute atomic E-state index is 11.6. The number of rotatable bonds is 3. The summed E-state index contributed by atoms with van der Waals surface area (Å²) in [4.78, 5) is 11.6. The molecule has 2 rings (SSSR count). The molecule has 1 aromatic heterocycles. The summed E-state index contributed by atoms with van der Waals surface area (Å²) in [6.45, 7) is 2.10. The predicted molar refractivity (Wildman–Crippen MR) is 68.6 cm³/mol. The number of hydrogen-bond acceptors (Lipinski definition) is 3. The van der Waals surface area contributed by atoms with E-state index in [0.717, 1.165) is 5.56 Å². The summed E-state index contributed by atoms with van der Waals surface area (Å²) in [6, 6.07) is 8.60. The quantitative estimate of drug-likeness (QED) is 0.897. The van der Waals surface area contributed by atoms with Crippen molar-refractivity contribution in [1.29, 1.82) is 0 Å². The van der Waals surface area contributed by atoms with Crippen molar-refractivity contribution in [3.8, 4) is 0 Å². The second kappa shape index (κ2) is 5.55. The Kier molecular flexibility index (Phi) is 3.84. The number of hydrogen-bond donors (Lipinski definition) is 2. The molecular weight excluding hydrogens is 254 g/mol. The Labute approximate surface area is 109 Å². The zero-order valence-corrected chi connectivity index (χ0v) is 10.5. The van der Waals surface area contributed by atoms with Crippen LogP contribution in [0.4, 0.5) is 10.6 Å². The van der Waals surface area contributed by atoms with Gasteiger partial charge in [0.15, 0.2) is 5.82 Å². The predicted octanol–water partition coefficient (Wildman–Crippen LogP) is 2.96. The summed E-state index contributed by atoms with van der Waals surface area (Å²) in [5, 5.41) is 9.51. The van der Waals surface area contributed by atoms with Gasteiger partial charge in [-0.1, -0.05) is 35.0 Å². The number of carbonyl (C=O) groups excluding carboxylic acids is 1. The van der Waals surface area contributed by atoms with Crippen LogP contribution in [0.2, 0.25) is 5.02 Å². The van der Waals surface area contributed by atoms with E-state index in [1.807, 2.05) is 18.2 Å². The number of benzene rings is 1. The summed E-state index contributed by atoms with van der Waals surface area (Å²) >= 11 is 5.97. The molecule has 0 spiro atoms. The first-order valence-electron chi connectivity index (χ1n) is 5.37. The van der Waals surface area contributed by atoms with Crippen LogP contribution in [0.1, 0.15) is 11.3 Å². The smallest absolute Gasteiger partial charge is 0.320 e. The van der Waals surface area contributed by atoms with Crippen molar-refractivity contribution in [1.82, 2.24) is 10.5 Å². The van der Waals surface area contributed by atoms with Crippen molar-refractivity contribution in [2.75, 3.05) is 5.32 Å². The van der Waals surface area contributed by atoms with Crippen LogP contribution in [0.5, 0.6) is 0 Å². The Morgan fingerprint density at radius 1 is 1.44 bits per heavy atom. The Bertz CT molecular complexity index is 554. The molecule has 2 aromatic rings. The van der Waals surface area contributed by atoms with Gasteiger partial charge < -0.3 is 9.84 Å². The van der Waals surface area contributed by atoms with Crippen molar-refractivity contribution >= 4 is 23.4 Å². The van der Waals surface area contributed by atoms with Crippen LogP contribution in [-0.2, 0) is 6.54 Å². The lowest BCUT2D eigenvalue weighted by Crippen LogP contribution is -2.28. The average Bonchev–Trinajstić information content (AvgIpc) is 2.74. The number of nitrogens with zero attached hydrogens (tertiary/aromatic N) is 1. The molecular formula is C12H12ClN3O2. The molecule has 0 atom stereocenters. The lowest BCUT2D eigenvalue weighted by atomic mass is 10.2. The highest BCUT2D eigenvalue weighted by Crippen LogP contribution is 2.14. The van der Waals surface area contributed by atoms with Gasteiger partial charge in [-0.25, -0.2) is 4.79 Å². The van der Waals surface area contributed by atoms with Crippen LogP contribution in [0.3, 0.4) is 0 Å². The summed E-state index contributed by atoms with van der Waals surface area (Å²) in [7, 11) is 0. The van der Waals surface area contributed by atoms with E-state index in [9.17, 15) is 4.79 Å². The third-order valence-corrected chi connectivity index (χ3v) is 2.64. The van der Waals surface area contributed by atoms with Gasteiger partial charge in [-0.3, -0.25) is 5.32 Å².